The quantitative estimate of drug-likeness (QED) is 0.547. The molecule has 3 heterocycles. The Bertz CT molecular complexity index is 1090. The number of hydrogen-bond acceptors (Lipinski definition) is 7. The molecule has 3 atom stereocenters. The predicted octanol–water partition coefficient (Wildman–Crippen LogP) is 2.36. The molecule has 3 N–H and O–H groups in total. The van der Waals surface area contributed by atoms with E-state index in [1.54, 1.807) is 30.7 Å². The first-order valence-corrected chi connectivity index (χ1v) is 10.6. The highest BCUT2D eigenvalue weighted by Crippen LogP contribution is 2.27. The van der Waals surface area contributed by atoms with Gasteiger partial charge in [-0.3, -0.25) is 9.78 Å². The average Bonchev–Trinajstić information content (AvgIpc) is 3.18. The second-order valence-corrected chi connectivity index (χ2v) is 8.11. The van der Waals surface area contributed by atoms with Crippen LogP contribution in [0.1, 0.15) is 40.3 Å². The van der Waals surface area contributed by atoms with Crippen LogP contribution in [0, 0.1) is 13.8 Å². The number of hydrogen-bond donors (Lipinski definition) is 3. The van der Waals surface area contributed by atoms with Crippen LogP contribution in [0.4, 0.5) is 0 Å². The minimum Gasteiger partial charge on any atom is -0.486 e. The van der Waals surface area contributed by atoms with E-state index in [4.69, 9.17) is 4.74 Å². The number of pyridine rings is 1. The molecule has 1 amide bonds. The number of aromatic nitrogens is 3. The molecule has 166 valence electrons. The summed E-state index contributed by atoms with van der Waals surface area (Å²) in [5.41, 5.74) is 3.81. The van der Waals surface area contributed by atoms with Gasteiger partial charge in [-0.15, -0.1) is 0 Å². The molecule has 0 saturated carbocycles. The van der Waals surface area contributed by atoms with Crippen LogP contribution in [0.2, 0.25) is 0 Å². The normalized spacial score (nSPS) is 18.9. The molecule has 8 heteroatoms. The van der Waals surface area contributed by atoms with E-state index in [1.165, 1.54) is 0 Å². The summed E-state index contributed by atoms with van der Waals surface area (Å²) in [5, 5.41) is 16.2. The van der Waals surface area contributed by atoms with Crippen molar-refractivity contribution in [3.05, 3.63) is 71.4 Å². The largest absolute Gasteiger partial charge is 0.486 e. The molecule has 3 aromatic rings. The van der Waals surface area contributed by atoms with Gasteiger partial charge in [0, 0.05) is 48.4 Å². The van der Waals surface area contributed by atoms with Crippen molar-refractivity contribution in [1.29, 1.82) is 0 Å². The number of benzene rings is 1. The topological polar surface area (TPSA) is 109 Å². The van der Waals surface area contributed by atoms with Crippen molar-refractivity contribution >= 4 is 5.91 Å². The highest BCUT2D eigenvalue weighted by molar-refractivity contribution is 5.96. The number of nitrogens with zero attached hydrogens (tertiary/aromatic N) is 3. The van der Waals surface area contributed by atoms with Crippen LogP contribution in [0.25, 0.3) is 11.3 Å². The molecule has 2 aromatic heterocycles. The number of carbonyl (C=O) groups is 1. The fourth-order valence-electron chi connectivity index (χ4n) is 3.51. The van der Waals surface area contributed by atoms with Gasteiger partial charge in [-0.05, 0) is 50.6 Å². The van der Waals surface area contributed by atoms with Crippen molar-refractivity contribution in [3.8, 4) is 17.0 Å². The molecule has 0 bridgehead atoms. The van der Waals surface area contributed by atoms with Gasteiger partial charge in [0.15, 0.2) is 0 Å². The van der Waals surface area contributed by atoms with E-state index in [-0.39, 0.29) is 18.1 Å². The Labute approximate surface area is 187 Å². The van der Waals surface area contributed by atoms with E-state index in [2.05, 4.69) is 25.6 Å². The lowest BCUT2D eigenvalue weighted by molar-refractivity contribution is 0.0736. The molecule has 1 aliphatic rings. The summed E-state index contributed by atoms with van der Waals surface area (Å²) in [7, 11) is 0. The van der Waals surface area contributed by atoms with Crippen LogP contribution in [0.3, 0.4) is 0 Å². The van der Waals surface area contributed by atoms with Crippen molar-refractivity contribution < 1.29 is 14.6 Å². The maximum Gasteiger partial charge on any atom is 0.251 e. The monoisotopic (exact) mass is 433 g/mol. The van der Waals surface area contributed by atoms with Gasteiger partial charge in [-0.1, -0.05) is 6.07 Å². The highest BCUT2D eigenvalue weighted by Gasteiger charge is 2.27. The Morgan fingerprint density at radius 2 is 1.91 bits per heavy atom. The zero-order chi connectivity index (χ0) is 22.7. The van der Waals surface area contributed by atoms with E-state index < -0.39 is 6.10 Å². The molecule has 1 saturated heterocycles. The Balaban J connectivity index is 1.62. The molecular formula is C24H27N5O3. The lowest BCUT2D eigenvalue weighted by atomic mass is 10.0. The van der Waals surface area contributed by atoms with Gasteiger partial charge in [0.05, 0.1) is 11.7 Å². The number of carbonyl (C=O) groups excluding carboxylic acids is 1. The van der Waals surface area contributed by atoms with Gasteiger partial charge in [-0.25, -0.2) is 9.97 Å². The van der Waals surface area contributed by atoms with Gasteiger partial charge in [0.25, 0.3) is 5.91 Å². The van der Waals surface area contributed by atoms with Crippen LogP contribution in [-0.2, 0) is 0 Å². The number of aliphatic hydroxyl groups excluding tert-OH is 1. The lowest BCUT2D eigenvalue weighted by Crippen LogP contribution is -2.30. The summed E-state index contributed by atoms with van der Waals surface area (Å²) < 4.78 is 6.03. The molecule has 1 aromatic carbocycles. The van der Waals surface area contributed by atoms with Gasteiger partial charge in [0.1, 0.15) is 23.8 Å². The van der Waals surface area contributed by atoms with Gasteiger partial charge < -0.3 is 20.5 Å². The van der Waals surface area contributed by atoms with E-state index >= 15 is 0 Å². The third-order valence-electron chi connectivity index (χ3n) is 5.44. The number of amides is 1. The van der Waals surface area contributed by atoms with E-state index in [1.807, 2.05) is 39.0 Å². The van der Waals surface area contributed by atoms with Crippen LogP contribution in [0.5, 0.6) is 5.75 Å². The third-order valence-corrected chi connectivity index (χ3v) is 5.44. The summed E-state index contributed by atoms with van der Waals surface area (Å²) in [6.07, 6.45) is 4.23. The van der Waals surface area contributed by atoms with E-state index in [0.717, 1.165) is 22.4 Å². The van der Waals surface area contributed by atoms with Crippen molar-refractivity contribution in [2.75, 3.05) is 13.1 Å². The first-order valence-electron chi connectivity index (χ1n) is 10.6. The van der Waals surface area contributed by atoms with Crippen LogP contribution in [0.15, 0.2) is 48.9 Å². The molecule has 2 unspecified atom stereocenters. The van der Waals surface area contributed by atoms with Crippen molar-refractivity contribution in [3.63, 3.8) is 0 Å². The highest BCUT2D eigenvalue weighted by atomic mass is 16.5. The van der Waals surface area contributed by atoms with Gasteiger partial charge >= 0.3 is 0 Å². The van der Waals surface area contributed by atoms with Gasteiger partial charge in [-0.2, -0.15) is 0 Å². The number of aliphatic hydroxyl groups is 1. The van der Waals surface area contributed by atoms with E-state index in [9.17, 15) is 9.90 Å². The molecule has 1 aliphatic heterocycles. The van der Waals surface area contributed by atoms with Crippen LogP contribution < -0.4 is 15.4 Å². The first-order chi connectivity index (χ1) is 15.4. The molecule has 8 nitrogen and oxygen atoms in total. The second-order valence-electron chi connectivity index (χ2n) is 8.11. The Morgan fingerprint density at radius 1 is 1.12 bits per heavy atom. The lowest BCUT2D eigenvalue weighted by Gasteiger charge is -2.19. The molecule has 0 aliphatic carbocycles. The molecule has 0 radical (unpaired) electrons. The Kier molecular flexibility index (Phi) is 6.43. The number of ether oxygens (including phenoxy) is 1. The van der Waals surface area contributed by atoms with Crippen molar-refractivity contribution in [1.82, 2.24) is 25.6 Å². The number of aryl methyl sites for hydroxylation is 2. The molecule has 4 rings (SSSR count). The number of rotatable bonds is 6. The SMILES string of the molecule is Cc1ccc(-c2cc(O[C@@H]3CNCC3O)cc(C(=O)NC(C)c3cnc(C)nc3)c2)nc1. The minimum atomic E-state index is -0.602. The molecule has 1 fully saturated rings. The maximum atomic E-state index is 13.1. The van der Waals surface area contributed by atoms with Crippen LogP contribution >= 0.6 is 0 Å². The van der Waals surface area contributed by atoms with Crippen molar-refractivity contribution in [2.45, 2.75) is 39.0 Å². The van der Waals surface area contributed by atoms with Crippen molar-refractivity contribution in [2.24, 2.45) is 0 Å². The zero-order valence-corrected chi connectivity index (χ0v) is 18.4. The van der Waals surface area contributed by atoms with Crippen LogP contribution in [-0.4, -0.2) is 51.3 Å². The fourth-order valence-corrected chi connectivity index (χ4v) is 3.51. The standard InChI is InChI=1S/C24H27N5O3/c1-14-4-5-21(28-9-14)17-6-18(8-20(7-17)32-23-13-25-12-22(23)30)24(31)29-15(2)19-10-26-16(3)27-11-19/h4-11,15,22-23,25,30H,12-13H2,1-3H3,(H,29,31)/t15?,22?,23-/m1/s1. The zero-order valence-electron chi connectivity index (χ0n) is 18.4. The maximum absolute atomic E-state index is 13.1. The summed E-state index contributed by atoms with van der Waals surface area (Å²) in [5.74, 6) is 0.937. The second kappa shape index (κ2) is 9.42. The van der Waals surface area contributed by atoms with Gasteiger partial charge in [0.2, 0.25) is 0 Å². The third kappa shape index (κ3) is 5.09. The number of nitrogens with one attached hydrogen (secondary N) is 2. The fraction of sp³-hybridized carbons (Fsp3) is 0.333. The number of β-amino-alcohol motifs (C(OH)–C–C–N with tert-alkyl or cyclic N) is 1. The first kappa shape index (κ1) is 21.9. The predicted molar refractivity (Wildman–Crippen MR) is 120 cm³/mol. The summed E-state index contributed by atoms with van der Waals surface area (Å²) in [6, 6.07) is 8.94. The van der Waals surface area contributed by atoms with E-state index in [0.29, 0.717) is 30.2 Å². The minimum absolute atomic E-state index is 0.248. The summed E-state index contributed by atoms with van der Waals surface area (Å²) in [4.78, 5) is 26.0. The Hall–Kier alpha value is -3.36. The smallest absolute Gasteiger partial charge is 0.251 e. The average molecular weight is 434 g/mol. The molecule has 0 spiro atoms. The summed E-state index contributed by atoms with van der Waals surface area (Å²) in [6.45, 7) is 6.69. The Morgan fingerprint density at radius 3 is 2.56 bits per heavy atom. The molecular weight excluding hydrogens is 406 g/mol. The molecule has 32 heavy (non-hydrogen) atoms. The summed E-state index contributed by atoms with van der Waals surface area (Å²) >= 11 is 0.